The van der Waals surface area contributed by atoms with Gasteiger partial charge in [0.25, 0.3) is 0 Å². The average Bonchev–Trinajstić information content (AvgIpc) is 3.45. The fraction of sp³-hybridized carbons (Fsp3) is 0.105. The van der Waals surface area contributed by atoms with Gasteiger partial charge in [0.05, 0.1) is 5.58 Å². The predicted molar refractivity (Wildman–Crippen MR) is 176 cm³/mol. The van der Waals surface area contributed by atoms with Crippen molar-refractivity contribution in [1.82, 2.24) is 9.97 Å². The summed E-state index contributed by atoms with van der Waals surface area (Å²) in [4.78, 5) is 8.92. The SMILES string of the molecule is [2H]C([2H])(c1ccccc1)c1ccnc(-c2[c-]ccc3c2oc2ccccc23)c1.[CH3][Ge]([CH3])([CH3])[c]1ccc(-c2[c-]cc(F)cc2)nc1.[Ir]. The minimum Gasteiger partial charge on any atom is 0 e. The third kappa shape index (κ3) is 7.24. The van der Waals surface area contributed by atoms with Crippen LogP contribution in [0.15, 0.2) is 126 Å². The van der Waals surface area contributed by atoms with Crippen LogP contribution in [0.3, 0.4) is 0 Å². The number of rotatable bonds is 5. The number of pyridine rings is 2. The van der Waals surface area contributed by atoms with Crippen LogP contribution in [-0.4, -0.2) is 23.2 Å². The van der Waals surface area contributed by atoms with Crippen LogP contribution in [0.1, 0.15) is 13.9 Å². The molecule has 44 heavy (non-hydrogen) atoms. The summed E-state index contributed by atoms with van der Waals surface area (Å²) in [5.74, 6) is 6.73. The summed E-state index contributed by atoms with van der Waals surface area (Å²) in [6.45, 7) is 0. The number of aromatic nitrogens is 2. The summed E-state index contributed by atoms with van der Waals surface area (Å²) in [6.07, 6.45) is 1.97. The monoisotopic (exact) mass is 819 g/mol. The molecule has 3 aromatic heterocycles. The molecule has 1 radical (unpaired) electrons. The molecule has 0 spiro atoms. The molecule has 4 aromatic carbocycles. The molecule has 7 rings (SSSR count). The van der Waals surface area contributed by atoms with E-state index in [0.29, 0.717) is 22.4 Å². The third-order valence-electron chi connectivity index (χ3n) is 7.10. The molecule has 7 aromatic rings. The van der Waals surface area contributed by atoms with E-state index in [1.165, 1.54) is 16.5 Å². The summed E-state index contributed by atoms with van der Waals surface area (Å²) in [6, 6.07) is 39.1. The van der Waals surface area contributed by atoms with E-state index in [1.54, 1.807) is 36.5 Å². The maximum absolute atomic E-state index is 12.8. The van der Waals surface area contributed by atoms with Gasteiger partial charge in [0.15, 0.2) is 0 Å². The molecule has 0 aliphatic heterocycles. The Kier molecular flexibility index (Phi) is 9.06. The number of benzene rings is 4. The van der Waals surface area contributed by atoms with Gasteiger partial charge >= 0.3 is 104 Å². The van der Waals surface area contributed by atoms with Crippen molar-refractivity contribution >= 4 is 39.6 Å². The minimum atomic E-state index is -1.79. The second-order valence-electron chi connectivity index (χ2n) is 11.2. The number of fused-ring (bicyclic) bond motifs is 3. The van der Waals surface area contributed by atoms with Gasteiger partial charge in [0.1, 0.15) is 5.58 Å². The van der Waals surface area contributed by atoms with E-state index in [4.69, 9.17) is 7.16 Å². The van der Waals surface area contributed by atoms with Gasteiger partial charge in [0.2, 0.25) is 0 Å². The van der Waals surface area contributed by atoms with E-state index in [0.717, 1.165) is 33.2 Å². The van der Waals surface area contributed by atoms with Crippen LogP contribution >= 0.6 is 0 Å². The quantitative estimate of drug-likeness (QED) is 0.129. The normalized spacial score (nSPS) is 12.1. The van der Waals surface area contributed by atoms with Gasteiger partial charge < -0.3 is 9.40 Å². The number of furan rings is 1. The zero-order valence-corrected chi connectivity index (χ0v) is 29.1. The van der Waals surface area contributed by atoms with E-state index in [-0.39, 0.29) is 25.9 Å². The molecule has 3 nitrogen and oxygen atoms in total. The maximum Gasteiger partial charge on any atom is 0 e. The first-order valence-electron chi connectivity index (χ1n) is 15.1. The van der Waals surface area contributed by atoms with E-state index < -0.39 is 19.6 Å². The van der Waals surface area contributed by atoms with Gasteiger partial charge in [0, 0.05) is 34.4 Å². The molecule has 0 saturated heterocycles. The van der Waals surface area contributed by atoms with Gasteiger partial charge in [-0.2, -0.15) is 0 Å². The standard InChI is InChI=1S/C24H16NO.C14H15FGeN.Ir/c1-2-7-17(8-3-1)15-18-13-14-25-22(16-18)21-11-6-10-20-19-9-4-5-12-23(19)26-24(20)21;1-16(2,3)13-8-9-14(17-10-13)11-4-6-12(15)7-5-11;/h1-10,12-14,16H,15H2;4,6-10H,1-3H3;/q2*-1;/i15D2;;. The molecule has 0 atom stereocenters. The molecule has 0 bridgehead atoms. The molecule has 0 unspecified atom stereocenters. The number of nitrogens with zero attached hydrogens (tertiary/aromatic N) is 2. The Hall–Kier alpha value is -3.90. The Bertz CT molecular complexity index is 2080. The van der Waals surface area contributed by atoms with Gasteiger partial charge in [-0.3, -0.25) is 0 Å². The Morgan fingerprint density at radius 1 is 0.795 bits per heavy atom. The number of halogens is 1. The van der Waals surface area contributed by atoms with Crippen LogP contribution in [0, 0.1) is 17.9 Å². The Morgan fingerprint density at radius 3 is 2.32 bits per heavy atom. The fourth-order valence-electron chi connectivity index (χ4n) is 4.78. The van der Waals surface area contributed by atoms with E-state index in [1.807, 2.05) is 66.9 Å². The molecule has 221 valence electrons. The second-order valence-corrected chi connectivity index (χ2v) is 21.9. The first-order valence-corrected chi connectivity index (χ1v) is 21.4. The smallest absolute Gasteiger partial charge is 0 e. The maximum atomic E-state index is 12.8. The second kappa shape index (κ2) is 13.8. The van der Waals surface area contributed by atoms with Crippen molar-refractivity contribution in [2.75, 3.05) is 0 Å². The molecular weight excluding hydrogens is 784 g/mol. The summed E-state index contributed by atoms with van der Waals surface area (Å²) >= 11 is -1.79. The molecule has 0 aliphatic rings. The van der Waals surface area contributed by atoms with Crippen LogP contribution in [0.4, 0.5) is 4.39 Å². The number of hydrogen-bond acceptors (Lipinski definition) is 3. The number of hydrogen-bond donors (Lipinski definition) is 0. The van der Waals surface area contributed by atoms with E-state index in [2.05, 4.69) is 45.4 Å². The largest absolute Gasteiger partial charge is 0 e. The zero-order chi connectivity index (χ0) is 31.6. The molecule has 0 amide bonds. The molecular formula is C38H31FGeIrN2O-2. The van der Waals surface area contributed by atoms with Crippen molar-refractivity contribution in [3.8, 4) is 22.5 Å². The predicted octanol–water partition coefficient (Wildman–Crippen LogP) is 9.27. The van der Waals surface area contributed by atoms with Gasteiger partial charge in [-0.1, -0.05) is 65.5 Å². The van der Waals surface area contributed by atoms with E-state index >= 15 is 0 Å². The minimum absolute atomic E-state index is 0. The van der Waals surface area contributed by atoms with Crippen LogP contribution in [-0.2, 0) is 26.5 Å². The summed E-state index contributed by atoms with van der Waals surface area (Å²) < 4.78 is 37.5. The summed E-state index contributed by atoms with van der Waals surface area (Å²) in [7, 11) is 0. The molecule has 0 fully saturated rings. The topological polar surface area (TPSA) is 38.9 Å². The number of para-hydroxylation sites is 1. The summed E-state index contributed by atoms with van der Waals surface area (Å²) in [5, 5.41) is 2.05. The molecule has 0 saturated carbocycles. The van der Waals surface area contributed by atoms with Crippen molar-refractivity contribution in [2.24, 2.45) is 0 Å². The van der Waals surface area contributed by atoms with Gasteiger partial charge in [-0.05, 0) is 35.3 Å². The first-order chi connectivity index (χ1) is 21.6. The van der Waals surface area contributed by atoms with Crippen LogP contribution in [0.2, 0.25) is 17.3 Å². The molecule has 6 heteroatoms. The van der Waals surface area contributed by atoms with Crippen LogP contribution < -0.4 is 4.40 Å². The van der Waals surface area contributed by atoms with Crippen molar-refractivity contribution in [3.63, 3.8) is 0 Å². The Balaban J connectivity index is 0.000000200. The first kappa shape index (κ1) is 28.8. The molecule has 0 N–H and O–H groups in total. The summed E-state index contributed by atoms with van der Waals surface area (Å²) in [5.41, 5.74) is 5.74. The van der Waals surface area contributed by atoms with Gasteiger partial charge in [-0.15, -0.1) is 18.2 Å². The van der Waals surface area contributed by atoms with Gasteiger partial charge in [-0.25, -0.2) is 0 Å². The molecule has 3 heterocycles. The molecule has 0 aliphatic carbocycles. The Labute approximate surface area is 276 Å². The van der Waals surface area contributed by atoms with Crippen molar-refractivity contribution in [3.05, 3.63) is 151 Å². The van der Waals surface area contributed by atoms with E-state index in [9.17, 15) is 4.39 Å². The van der Waals surface area contributed by atoms with Crippen LogP contribution in [0.5, 0.6) is 0 Å². The van der Waals surface area contributed by atoms with Crippen molar-refractivity contribution in [2.45, 2.75) is 23.6 Å². The fourth-order valence-corrected chi connectivity index (χ4v) is 6.95. The van der Waals surface area contributed by atoms with Crippen LogP contribution in [0.25, 0.3) is 44.5 Å². The third-order valence-corrected chi connectivity index (χ3v) is 11.4. The average molecular weight is 818 g/mol. The van der Waals surface area contributed by atoms with Crippen molar-refractivity contribution < 1.29 is 31.7 Å². The Morgan fingerprint density at radius 2 is 1.59 bits per heavy atom. The van der Waals surface area contributed by atoms with Crippen molar-refractivity contribution in [1.29, 1.82) is 0 Å². The zero-order valence-electron chi connectivity index (χ0n) is 26.6.